The van der Waals surface area contributed by atoms with Crippen molar-refractivity contribution in [2.75, 3.05) is 0 Å². The quantitative estimate of drug-likeness (QED) is 0.935. The van der Waals surface area contributed by atoms with Gasteiger partial charge in [-0.1, -0.05) is 49.2 Å². The van der Waals surface area contributed by atoms with Crippen molar-refractivity contribution >= 4 is 0 Å². The maximum Gasteiger partial charge on any atom is 0.231 e. The van der Waals surface area contributed by atoms with Gasteiger partial charge in [0.1, 0.15) is 0 Å². The molecular formula is C17H23N3O. The molecule has 0 bridgehead atoms. The highest BCUT2D eigenvalue weighted by atomic mass is 16.5. The lowest BCUT2D eigenvalue weighted by Crippen LogP contribution is -2.12. The zero-order valence-corrected chi connectivity index (χ0v) is 12.6. The van der Waals surface area contributed by atoms with Gasteiger partial charge < -0.3 is 10.3 Å². The van der Waals surface area contributed by atoms with Gasteiger partial charge in [0.25, 0.3) is 0 Å². The van der Waals surface area contributed by atoms with Crippen molar-refractivity contribution < 1.29 is 4.52 Å². The van der Waals surface area contributed by atoms with E-state index in [1.165, 1.54) is 31.2 Å². The van der Waals surface area contributed by atoms with Crippen LogP contribution in [0.2, 0.25) is 0 Å². The van der Waals surface area contributed by atoms with Gasteiger partial charge in [0.15, 0.2) is 5.82 Å². The summed E-state index contributed by atoms with van der Waals surface area (Å²) in [6.45, 7) is 2.86. The number of hydrogen-bond acceptors (Lipinski definition) is 4. The first kappa shape index (κ1) is 14.3. The number of aromatic nitrogens is 2. The molecule has 0 aliphatic heterocycles. The molecule has 0 atom stereocenters. The summed E-state index contributed by atoms with van der Waals surface area (Å²) in [5, 5.41) is 4.20. The standard InChI is InChI=1S/C17H23N3O/c1-12-6-8-13(9-7-12)17-19-16(21-20-17)10-14-4-2-3-5-15(14)11-18/h2-5,12-13H,6-11,18H2,1H3. The normalized spacial score (nSPS) is 22.4. The lowest BCUT2D eigenvalue weighted by molar-refractivity contribution is 0.324. The first-order chi connectivity index (χ1) is 10.3. The molecule has 2 N–H and O–H groups in total. The second-order valence-corrected chi connectivity index (χ2v) is 6.15. The summed E-state index contributed by atoms with van der Waals surface area (Å²) in [5.41, 5.74) is 8.09. The fourth-order valence-corrected chi connectivity index (χ4v) is 3.12. The molecule has 0 amide bonds. The third-order valence-corrected chi connectivity index (χ3v) is 4.54. The van der Waals surface area contributed by atoms with Crippen LogP contribution in [0.5, 0.6) is 0 Å². The van der Waals surface area contributed by atoms with Gasteiger partial charge in [-0.2, -0.15) is 4.98 Å². The minimum atomic E-state index is 0.475. The van der Waals surface area contributed by atoms with Gasteiger partial charge >= 0.3 is 0 Å². The second kappa shape index (κ2) is 6.39. The minimum Gasteiger partial charge on any atom is -0.339 e. The fraction of sp³-hybridized carbons (Fsp3) is 0.529. The van der Waals surface area contributed by atoms with Gasteiger partial charge in [-0.15, -0.1) is 0 Å². The largest absolute Gasteiger partial charge is 0.339 e. The van der Waals surface area contributed by atoms with E-state index in [9.17, 15) is 0 Å². The van der Waals surface area contributed by atoms with Crippen LogP contribution < -0.4 is 5.73 Å². The molecule has 1 aromatic carbocycles. The summed E-state index contributed by atoms with van der Waals surface area (Å²) in [7, 11) is 0. The molecule has 4 nitrogen and oxygen atoms in total. The number of rotatable bonds is 4. The lowest BCUT2D eigenvalue weighted by Gasteiger charge is -2.23. The maximum atomic E-state index is 5.77. The highest BCUT2D eigenvalue weighted by molar-refractivity contribution is 5.29. The van der Waals surface area contributed by atoms with Gasteiger partial charge in [0.05, 0.1) is 6.42 Å². The molecule has 1 aliphatic carbocycles. The molecule has 0 saturated heterocycles. The smallest absolute Gasteiger partial charge is 0.231 e. The third-order valence-electron chi connectivity index (χ3n) is 4.54. The molecule has 0 unspecified atom stereocenters. The molecule has 0 radical (unpaired) electrons. The first-order valence-corrected chi connectivity index (χ1v) is 7.85. The van der Waals surface area contributed by atoms with E-state index in [4.69, 9.17) is 10.3 Å². The van der Waals surface area contributed by atoms with E-state index in [1.54, 1.807) is 0 Å². The lowest BCUT2D eigenvalue weighted by atomic mass is 9.83. The van der Waals surface area contributed by atoms with Crippen LogP contribution in [0, 0.1) is 5.92 Å². The molecule has 1 fully saturated rings. The van der Waals surface area contributed by atoms with Crippen LogP contribution in [0.15, 0.2) is 28.8 Å². The maximum absolute atomic E-state index is 5.77. The zero-order chi connectivity index (χ0) is 14.7. The predicted octanol–water partition coefficient (Wildman–Crippen LogP) is 3.41. The van der Waals surface area contributed by atoms with Gasteiger partial charge in [-0.25, -0.2) is 0 Å². The third kappa shape index (κ3) is 3.32. The van der Waals surface area contributed by atoms with Crippen molar-refractivity contribution in [1.29, 1.82) is 0 Å². The van der Waals surface area contributed by atoms with E-state index in [0.717, 1.165) is 17.3 Å². The molecule has 1 aliphatic rings. The summed E-state index contributed by atoms with van der Waals surface area (Å²) in [6.07, 6.45) is 5.57. The number of nitrogens with zero attached hydrogens (tertiary/aromatic N) is 2. The van der Waals surface area contributed by atoms with Crippen LogP contribution >= 0.6 is 0 Å². The number of nitrogens with two attached hydrogens (primary N) is 1. The fourth-order valence-electron chi connectivity index (χ4n) is 3.12. The van der Waals surface area contributed by atoms with Crippen molar-refractivity contribution in [1.82, 2.24) is 10.1 Å². The van der Waals surface area contributed by atoms with Crippen LogP contribution in [0.4, 0.5) is 0 Å². The molecule has 2 aromatic rings. The van der Waals surface area contributed by atoms with E-state index < -0.39 is 0 Å². The summed E-state index contributed by atoms with van der Waals surface area (Å²) < 4.78 is 5.45. The molecule has 1 saturated carbocycles. The number of benzene rings is 1. The molecule has 4 heteroatoms. The molecular weight excluding hydrogens is 262 g/mol. The van der Waals surface area contributed by atoms with Crippen molar-refractivity contribution in [3.63, 3.8) is 0 Å². The molecule has 1 heterocycles. The van der Waals surface area contributed by atoms with Gasteiger partial charge in [0.2, 0.25) is 5.89 Å². The van der Waals surface area contributed by atoms with E-state index in [-0.39, 0.29) is 0 Å². The SMILES string of the molecule is CC1CCC(c2noc(Cc3ccccc3CN)n2)CC1. The van der Waals surface area contributed by atoms with Crippen molar-refractivity contribution in [2.45, 2.75) is 51.5 Å². The zero-order valence-electron chi connectivity index (χ0n) is 12.6. The van der Waals surface area contributed by atoms with Crippen molar-refractivity contribution in [2.24, 2.45) is 11.7 Å². The Hall–Kier alpha value is -1.68. The molecule has 1 aromatic heterocycles. The Labute approximate surface area is 125 Å². The Bertz CT molecular complexity index is 585. The van der Waals surface area contributed by atoms with E-state index in [2.05, 4.69) is 29.2 Å². The summed E-state index contributed by atoms with van der Waals surface area (Å²) in [5.74, 6) is 2.90. The molecule has 21 heavy (non-hydrogen) atoms. The van der Waals surface area contributed by atoms with Gasteiger partial charge in [-0.3, -0.25) is 0 Å². The van der Waals surface area contributed by atoms with Crippen LogP contribution in [-0.4, -0.2) is 10.1 Å². The highest BCUT2D eigenvalue weighted by Crippen LogP contribution is 2.34. The van der Waals surface area contributed by atoms with Gasteiger partial charge in [0, 0.05) is 12.5 Å². The molecule has 112 valence electrons. The van der Waals surface area contributed by atoms with Crippen molar-refractivity contribution in [3.8, 4) is 0 Å². The predicted molar refractivity (Wildman–Crippen MR) is 81.8 cm³/mol. The topological polar surface area (TPSA) is 64.9 Å². The minimum absolute atomic E-state index is 0.475. The average Bonchev–Trinajstić information content (AvgIpc) is 2.97. The van der Waals surface area contributed by atoms with Gasteiger partial charge in [-0.05, 0) is 29.9 Å². The van der Waals surface area contributed by atoms with E-state index >= 15 is 0 Å². The van der Waals surface area contributed by atoms with Crippen molar-refractivity contribution in [3.05, 3.63) is 47.1 Å². The Balaban J connectivity index is 1.70. The number of hydrogen-bond donors (Lipinski definition) is 1. The Morgan fingerprint density at radius 3 is 2.57 bits per heavy atom. The molecule has 0 spiro atoms. The summed E-state index contributed by atoms with van der Waals surface area (Å²) in [4.78, 5) is 4.61. The Morgan fingerprint density at radius 1 is 1.14 bits per heavy atom. The summed E-state index contributed by atoms with van der Waals surface area (Å²) >= 11 is 0. The average molecular weight is 285 g/mol. The highest BCUT2D eigenvalue weighted by Gasteiger charge is 2.24. The second-order valence-electron chi connectivity index (χ2n) is 6.15. The van der Waals surface area contributed by atoms with E-state index in [0.29, 0.717) is 24.8 Å². The first-order valence-electron chi connectivity index (χ1n) is 7.85. The Kier molecular flexibility index (Phi) is 4.34. The Morgan fingerprint density at radius 2 is 1.86 bits per heavy atom. The summed E-state index contributed by atoms with van der Waals surface area (Å²) in [6, 6.07) is 8.16. The van der Waals surface area contributed by atoms with E-state index in [1.807, 2.05) is 12.1 Å². The van der Waals surface area contributed by atoms with Crippen LogP contribution in [0.25, 0.3) is 0 Å². The van der Waals surface area contributed by atoms with Crippen LogP contribution in [-0.2, 0) is 13.0 Å². The van der Waals surface area contributed by atoms with Crippen LogP contribution in [0.1, 0.15) is 61.4 Å². The monoisotopic (exact) mass is 285 g/mol. The van der Waals surface area contributed by atoms with Crippen LogP contribution in [0.3, 0.4) is 0 Å². The molecule has 3 rings (SSSR count).